The van der Waals surface area contributed by atoms with Crippen molar-refractivity contribution in [1.82, 2.24) is 0 Å². The number of allylic oxidation sites excluding steroid dienone is 1. The molecule has 68 valence electrons. The highest BCUT2D eigenvalue weighted by Gasteiger charge is 2.14. The Morgan fingerprint density at radius 3 is 3.08 bits per heavy atom. The van der Waals surface area contributed by atoms with Crippen LogP contribution in [0.15, 0.2) is 11.8 Å². The van der Waals surface area contributed by atoms with Gasteiger partial charge in [-0.3, -0.25) is 4.79 Å². The van der Waals surface area contributed by atoms with Gasteiger partial charge in [0, 0.05) is 18.0 Å². The molecule has 2 N–H and O–H groups in total. The summed E-state index contributed by atoms with van der Waals surface area (Å²) < 4.78 is 5.06. The molecule has 1 unspecified atom stereocenters. The van der Waals surface area contributed by atoms with Gasteiger partial charge >= 0.3 is 0 Å². The number of carbonyl (C=O) groups excluding carboxylic acids is 1. The molecule has 0 bridgehead atoms. The minimum absolute atomic E-state index is 0.0553. The van der Waals surface area contributed by atoms with Crippen LogP contribution in [0.5, 0.6) is 0 Å². The van der Waals surface area contributed by atoms with E-state index >= 15 is 0 Å². The van der Waals surface area contributed by atoms with E-state index < -0.39 is 0 Å². The van der Waals surface area contributed by atoms with E-state index in [9.17, 15) is 4.79 Å². The van der Waals surface area contributed by atoms with Crippen LogP contribution in [0.2, 0.25) is 0 Å². The maximum atomic E-state index is 11.4. The van der Waals surface area contributed by atoms with Crippen molar-refractivity contribution < 1.29 is 9.53 Å². The molecule has 1 atom stereocenters. The lowest BCUT2D eigenvalue weighted by atomic mass is 10.0. The van der Waals surface area contributed by atoms with Crippen molar-refractivity contribution in [2.45, 2.75) is 32.2 Å². The molecule has 0 aromatic rings. The monoisotopic (exact) mass is 169 g/mol. The molecular formula is C9H15NO2. The van der Waals surface area contributed by atoms with Gasteiger partial charge in [-0.25, -0.2) is 0 Å². The zero-order valence-electron chi connectivity index (χ0n) is 7.38. The number of hydrogen-bond acceptors (Lipinski definition) is 3. The molecule has 1 heterocycles. The Labute approximate surface area is 72.6 Å². The maximum Gasteiger partial charge on any atom is 0.163 e. The quantitative estimate of drug-likeness (QED) is 0.685. The fourth-order valence-electron chi connectivity index (χ4n) is 1.19. The predicted octanol–water partition coefficient (Wildman–Crippen LogP) is 0.987. The summed E-state index contributed by atoms with van der Waals surface area (Å²) in [6, 6.07) is -0.0553. The first kappa shape index (κ1) is 9.26. The first-order chi connectivity index (χ1) is 5.70. The van der Waals surface area contributed by atoms with Gasteiger partial charge in [-0.15, -0.1) is 0 Å². The van der Waals surface area contributed by atoms with Crippen LogP contribution in [0.3, 0.4) is 0 Å². The maximum absolute atomic E-state index is 11.4. The molecule has 3 heteroatoms. The number of hydrogen-bond donors (Lipinski definition) is 1. The Bertz CT molecular complexity index is 197. The van der Waals surface area contributed by atoms with Crippen LogP contribution in [-0.4, -0.2) is 18.4 Å². The molecule has 1 aliphatic rings. The molecule has 0 aromatic carbocycles. The fraction of sp³-hybridized carbons (Fsp3) is 0.667. The van der Waals surface area contributed by atoms with Crippen LogP contribution in [0.25, 0.3) is 0 Å². The van der Waals surface area contributed by atoms with E-state index in [1.54, 1.807) is 6.26 Å². The van der Waals surface area contributed by atoms with Crippen LogP contribution in [0.4, 0.5) is 0 Å². The van der Waals surface area contributed by atoms with Crippen LogP contribution in [0.1, 0.15) is 26.2 Å². The Balaban J connectivity index is 2.45. The van der Waals surface area contributed by atoms with E-state index in [2.05, 4.69) is 0 Å². The van der Waals surface area contributed by atoms with Gasteiger partial charge in [0.05, 0.1) is 12.9 Å². The van der Waals surface area contributed by atoms with Crippen molar-refractivity contribution in [3.8, 4) is 0 Å². The highest BCUT2D eigenvalue weighted by molar-refractivity contribution is 5.95. The Hall–Kier alpha value is -0.830. The second-order valence-electron chi connectivity index (χ2n) is 3.22. The van der Waals surface area contributed by atoms with E-state index in [0.717, 1.165) is 25.0 Å². The molecule has 0 amide bonds. The van der Waals surface area contributed by atoms with E-state index in [0.29, 0.717) is 6.42 Å². The lowest BCUT2D eigenvalue weighted by molar-refractivity contribution is -0.116. The minimum atomic E-state index is -0.0553. The van der Waals surface area contributed by atoms with Crippen LogP contribution in [0, 0.1) is 0 Å². The lowest BCUT2D eigenvalue weighted by Gasteiger charge is -2.13. The molecule has 12 heavy (non-hydrogen) atoms. The first-order valence-electron chi connectivity index (χ1n) is 4.29. The average molecular weight is 169 g/mol. The standard InChI is InChI=1S/C9H15NO2/c1-7(10)5-9(11)8-3-2-4-12-6-8/h6-7H,2-5,10H2,1H3. The molecule has 0 spiro atoms. The summed E-state index contributed by atoms with van der Waals surface area (Å²) in [4.78, 5) is 11.4. The largest absolute Gasteiger partial charge is 0.501 e. The summed E-state index contributed by atoms with van der Waals surface area (Å²) in [5.74, 6) is 0.129. The summed E-state index contributed by atoms with van der Waals surface area (Å²) in [6.45, 7) is 2.57. The zero-order valence-corrected chi connectivity index (χ0v) is 7.38. The van der Waals surface area contributed by atoms with E-state index in [1.165, 1.54) is 0 Å². The smallest absolute Gasteiger partial charge is 0.163 e. The van der Waals surface area contributed by atoms with Crippen molar-refractivity contribution in [2.24, 2.45) is 5.73 Å². The Morgan fingerprint density at radius 1 is 1.83 bits per heavy atom. The molecule has 0 radical (unpaired) electrons. The molecular weight excluding hydrogens is 154 g/mol. The van der Waals surface area contributed by atoms with Crippen molar-refractivity contribution in [2.75, 3.05) is 6.61 Å². The molecule has 0 aliphatic carbocycles. The van der Waals surface area contributed by atoms with Gasteiger partial charge in [-0.05, 0) is 19.8 Å². The van der Waals surface area contributed by atoms with Gasteiger partial charge in [0.2, 0.25) is 0 Å². The zero-order chi connectivity index (χ0) is 8.97. The van der Waals surface area contributed by atoms with E-state index in [4.69, 9.17) is 10.5 Å². The molecule has 0 saturated heterocycles. The third-order valence-corrected chi connectivity index (χ3v) is 1.80. The molecule has 3 nitrogen and oxygen atoms in total. The summed E-state index contributed by atoms with van der Waals surface area (Å²) in [6.07, 6.45) is 3.78. The van der Waals surface area contributed by atoms with Gasteiger partial charge in [-0.1, -0.05) is 0 Å². The van der Waals surface area contributed by atoms with Crippen molar-refractivity contribution in [3.63, 3.8) is 0 Å². The Morgan fingerprint density at radius 2 is 2.58 bits per heavy atom. The lowest BCUT2D eigenvalue weighted by Crippen LogP contribution is -2.21. The van der Waals surface area contributed by atoms with Gasteiger partial charge in [0.25, 0.3) is 0 Å². The topological polar surface area (TPSA) is 52.3 Å². The number of ether oxygens (including phenoxy) is 1. The minimum Gasteiger partial charge on any atom is -0.501 e. The SMILES string of the molecule is CC(N)CC(=O)C1=COCCC1. The highest BCUT2D eigenvalue weighted by atomic mass is 16.5. The van der Waals surface area contributed by atoms with Crippen LogP contribution in [-0.2, 0) is 9.53 Å². The second-order valence-corrected chi connectivity index (χ2v) is 3.22. The summed E-state index contributed by atoms with van der Waals surface area (Å²) in [7, 11) is 0. The highest BCUT2D eigenvalue weighted by Crippen LogP contribution is 2.14. The third-order valence-electron chi connectivity index (χ3n) is 1.80. The van der Waals surface area contributed by atoms with Crippen LogP contribution >= 0.6 is 0 Å². The van der Waals surface area contributed by atoms with Gasteiger partial charge in [0.15, 0.2) is 5.78 Å². The third kappa shape index (κ3) is 2.66. The number of rotatable bonds is 3. The van der Waals surface area contributed by atoms with Crippen molar-refractivity contribution in [3.05, 3.63) is 11.8 Å². The molecule has 1 rings (SSSR count). The second kappa shape index (κ2) is 4.26. The predicted molar refractivity (Wildman–Crippen MR) is 46.5 cm³/mol. The van der Waals surface area contributed by atoms with Gasteiger partial charge < -0.3 is 10.5 Å². The number of nitrogens with two attached hydrogens (primary N) is 1. The number of ketones is 1. The molecule has 0 saturated carbocycles. The number of carbonyl (C=O) groups is 1. The molecule has 1 aliphatic heterocycles. The average Bonchev–Trinajstić information content (AvgIpc) is 2.05. The summed E-state index contributed by atoms with van der Waals surface area (Å²) in [5.41, 5.74) is 6.30. The Kier molecular flexibility index (Phi) is 3.29. The van der Waals surface area contributed by atoms with Gasteiger partial charge in [-0.2, -0.15) is 0 Å². The molecule has 0 aromatic heterocycles. The van der Waals surface area contributed by atoms with Crippen molar-refractivity contribution in [1.29, 1.82) is 0 Å². The van der Waals surface area contributed by atoms with E-state index in [1.807, 2.05) is 6.92 Å². The first-order valence-corrected chi connectivity index (χ1v) is 4.29. The van der Waals surface area contributed by atoms with Crippen LogP contribution < -0.4 is 5.73 Å². The fourth-order valence-corrected chi connectivity index (χ4v) is 1.19. The summed E-state index contributed by atoms with van der Waals surface area (Å²) >= 11 is 0. The summed E-state index contributed by atoms with van der Waals surface area (Å²) in [5, 5.41) is 0. The van der Waals surface area contributed by atoms with Gasteiger partial charge in [0.1, 0.15) is 0 Å². The van der Waals surface area contributed by atoms with Crippen molar-refractivity contribution >= 4 is 5.78 Å². The van der Waals surface area contributed by atoms with E-state index in [-0.39, 0.29) is 11.8 Å². The normalized spacial score (nSPS) is 19.3. The molecule has 0 fully saturated rings. The number of Topliss-reactive ketones (excluding diaryl/α,β-unsaturated/α-hetero) is 1.